The summed E-state index contributed by atoms with van der Waals surface area (Å²) in [4.78, 5) is 0. The number of hydrogen-bond acceptors (Lipinski definition) is 2. The molecule has 0 bridgehead atoms. The standard InChI is InChI=1S/C15H22OS/c1-12-7-13(2)9-14(8-12)10-17-11-15(16)5-3-4-6-15/h7-9,16H,3-6,10-11H2,1-2H3. The highest BCUT2D eigenvalue weighted by Crippen LogP contribution is 2.33. The van der Waals surface area contributed by atoms with E-state index in [0.717, 1.165) is 24.3 Å². The van der Waals surface area contributed by atoms with Crippen LogP contribution in [0.25, 0.3) is 0 Å². The first-order chi connectivity index (χ1) is 8.07. The first-order valence-corrected chi connectivity index (χ1v) is 7.60. The highest BCUT2D eigenvalue weighted by Gasteiger charge is 2.30. The van der Waals surface area contributed by atoms with Gasteiger partial charge in [-0.05, 0) is 32.3 Å². The van der Waals surface area contributed by atoms with E-state index in [4.69, 9.17) is 0 Å². The quantitative estimate of drug-likeness (QED) is 0.876. The summed E-state index contributed by atoms with van der Waals surface area (Å²) in [5, 5.41) is 10.3. The molecule has 0 aliphatic heterocycles. The molecular formula is C15H22OS. The summed E-state index contributed by atoms with van der Waals surface area (Å²) >= 11 is 1.87. The van der Waals surface area contributed by atoms with E-state index in [1.807, 2.05) is 11.8 Å². The maximum atomic E-state index is 10.3. The molecule has 1 aromatic rings. The summed E-state index contributed by atoms with van der Waals surface area (Å²) in [7, 11) is 0. The normalized spacial score (nSPS) is 18.5. The number of aryl methyl sites for hydroxylation is 2. The summed E-state index contributed by atoms with van der Waals surface area (Å²) in [6.07, 6.45) is 4.38. The molecule has 2 rings (SSSR count). The van der Waals surface area contributed by atoms with Gasteiger partial charge in [-0.15, -0.1) is 0 Å². The number of rotatable bonds is 4. The Kier molecular flexibility index (Phi) is 4.16. The Labute approximate surface area is 109 Å². The van der Waals surface area contributed by atoms with Crippen molar-refractivity contribution in [3.05, 3.63) is 34.9 Å². The minimum Gasteiger partial charge on any atom is -0.389 e. The lowest BCUT2D eigenvalue weighted by molar-refractivity contribution is 0.0732. The molecule has 0 unspecified atom stereocenters. The summed E-state index contributed by atoms with van der Waals surface area (Å²) in [5.41, 5.74) is 3.68. The highest BCUT2D eigenvalue weighted by molar-refractivity contribution is 7.98. The second-order valence-electron chi connectivity index (χ2n) is 5.42. The summed E-state index contributed by atoms with van der Waals surface area (Å²) in [6, 6.07) is 6.70. The molecule has 1 aliphatic carbocycles. The predicted molar refractivity (Wildman–Crippen MR) is 75.5 cm³/mol. The average molecular weight is 250 g/mol. The van der Waals surface area contributed by atoms with Crippen LogP contribution >= 0.6 is 11.8 Å². The molecule has 0 atom stereocenters. The molecule has 0 spiro atoms. The molecule has 94 valence electrons. The third-order valence-corrected chi connectivity index (χ3v) is 4.73. The van der Waals surface area contributed by atoms with Crippen molar-refractivity contribution in [2.45, 2.75) is 50.9 Å². The van der Waals surface area contributed by atoms with Crippen LogP contribution in [0.1, 0.15) is 42.4 Å². The van der Waals surface area contributed by atoms with Crippen molar-refractivity contribution in [1.82, 2.24) is 0 Å². The van der Waals surface area contributed by atoms with E-state index in [2.05, 4.69) is 32.0 Å². The third kappa shape index (κ3) is 3.75. The van der Waals surface area contributed by atoms with Gasteiger partial charge in [0.2, 0.25) is 0 Å². The van der Waals surface area contributed by atoms with E-state index < -0.39 is 0 Å². The lowest BCUT2D eigenvalue weighted by Crippen LogP contribution is -2.27. The topological polar surface area (TPSA) is 20.2 Å². The van der Waals surface area contributed by atoms with Crippen molar-refractivity contribution < 1.29 is 5.11 Å². The molecule has 0 saturated heterocycles. The Morgan fingerprint density at radius 2 is 1.71 bits per heavy atom. The van der Waals surface area contributed by atoms with Gasteiger partial charge in [-0.25, -0.2) is 0 Å². The van der Waals surface area contributed by atoms with Crippen molar-refractivity contribution in [2.75, 3.05) is 5.75 Å². The zero-order valence-electron chi connectivity index (χ0n) is 10.8. The van der Waals surface area contributed by atoms with Crippen LogP contribution in [0.2, 0.25) is 0 Å². The van der Waals surface area contributed by atoms with Crippen molar-refractivity contribution in [3.8, 4) is 0 Å². The van der Waals surface area contributed by atoms with Crippen LogP contribution in [0, 0.1) is 13.8 Å². The van der Waals surface area contributed by atoms with Crippen molar-refractivity contribution >= 4 is 11.8 Å². The Morgan fingerprint density at radius 1 is 1.12 bits per heavy atom. The van der Waals surface area contributed by atoms with Crippen LogP contribution in [0.15, 0.2) is 18.2 Å². The summed E-state index contributed by atoms with van der Waals surface area (Å²) in [5.74, 6) is 1.91. The van der Waals surface area contributed by atoms with Gasteiger partial charge < -0.3 is 5.11 Å². The average Bonchev–Trinajstić information content (AvgIpc) is 2.64. The van der Waals surface area contributed by atoms with Gasteiger partial charge >= 0.3 is 0 Å². The molecule has 2 heteroatoms. The van der Waals surface area contributed by atoms with E-state index in [1.165, 1.54) is 29.5 Å². The van der Waals surface area contributed by atoms with Crippen LogP contribution in [0.5, 0.6) is 0 Å². The van der Waals surface area contributed by atoms with Crippen LogP contribution in [-0.4, -0.2) is 16.5 Å². The van der Waals surface area contributed by atoms with Crippen LogP contribution in [-0.2, 0) is 5.75 Å². The Balaban J connectivity index is 1.85. The van der Waals surface area contributed by atoms with E-state index in [-0.39, 0.29) is 5.60 Å². The SMILES string of the molecule is Cc1cc(C)cc(CSCC2(O)CCCC2)c1. The highest BCUT2D eigenvalue weighted by atomic mass is 32.2. The molecule has 0 aromatic heterocycles. The first kappa shape index (κ1) is 13.0. The fourth-order valence-electron chi connectivity index (χ4n) is 2.69. The maximum absolute atomic E-state index is 10.3. The van der Waals surface area contributed by atoms with Crippen LogP contribution in [0.4, 0.5) is 0 Å². The maximum Gasteiger partial charge on any atom is 0.0737 e. The minimum atomic E-state index is -0.371. The molecule has 1 fully saturated rings. The summed E-state index contributed by atoms with van der Waals surface area (Å²) in [6.45, 7) is 4.29. The monoisotopic (exact) mass is 250 g/mol. The number of aliphatic hydroxyl groups is 1. The zero-order valence-corrected chi connectivity index (χ0v) is 11.6. The molecule has 0 heterocycles. The molecule has 1 aromatic carbocycles. The van der Waals surface area contributed by atoms with Gasteiger partial charge in [-0.3, -0.25) is 0 Å². The fourth-order valence-corrected chi connectivity index (χ4v) is 3.86. The number of thioether (sulfide) groups is 1. The smallest absolute Gasteiger partial charge is 0.0737 e. The number of benzene rings is 1. The lowest BCUT2D eigenvalue weighted by atomic mass is 10.1. The van der Waals surface area contributed by atoms with Crippen molar-refractivity contribution in [2.24, 2.45) is 0 Å². The fraction of sp³-hybridized carbons (Fsp3) is 0.600. The zero-order chi connectivity index (χ0) is 12.3. The van der Waals surface area contributed by atoms with Crippen molar-refractivity contribution in [3.63, 3.8) is 0 Å². The number of hydrogen-bond donors (Lipinski definition) is 1. The van der Waals surface area contributed by atoms with E-state index in [1.54, 1.807) is 0 Å². The summed E-state index contributed by atoms with van der Waals surface area (Å²) < 4.78 is 0. The van der Waals surface area contributed by atoms with Gasteiger partial charge in [-0.2, -0.15) is 11.8 Å². The van der Waals surface area contributed by atoms with E-state index >= 15 is 0 Å². The molecule has 0 radical (unpaired) electrons. The second-order valence-corrected chi connectivity index (χ2v) is 6.41. The Bertz CT molecular complexity index is 360. The van der Waals surface area contributed by atoms with Gasteiger partial charge in [0.15, 0.2) is 0 Å². The lowest BCUT2D eigenvalue weighted by Gasteiger charge is -2.21. The molecule has 1 saturated carbocycles. The third-order valence-electron chi connectivity index (χ3n) is 3.46. The second kappa shape index (κ2) is 5.45. The van der Waals surface area contributed by atoms with Gasteiger partial charge in [0.1, 0.15) is 0 Å². The molecule has 17 heavy (non-hydrogen) atoms. The van der Waals surface area contributed by atoms with Gasteiger partial charge in [0.25, 0.3) is 0 Å². The molecule has 1 aliphatic rings. The van der Waals surface area contributed by atoms with Gasteiger partial charge in [0.05, 0.1) is 5.60 Å². The molecule has 1 N–H and O–H groups in total. The van der Waals surface area contributed by atoms with Gasteiger partial charge in [0, 0.05) is 11.5 Å². The van der Waals surface area contributed by atoms with E-state index in [9.17, 15) is 5.11 Å². The van der Waals surface area contributed by atoms with Crippen LogP contribution < -0.4 is 0 Å². The van der Waals surface area contributed by atoms with E-state index in [0.29, 0.717) is 0 Å². The molecule has 0 amide bonds. The molecule has 1 nitrogen and oxygen atoms in total. The largest absolute Gasteiger partial charge is 0.389 e. The first-order valence-electron chi connectivity index (χ1n) is 6.45. The Morgan fingerprint density at radius 3 is 2.29 bits per heavy atom. The Hall–Kier alpha value is -0.470. The molecular weight excluding hydrogens is 228 g/mol. The predicted octanol–water partition coefficient (Wildman–Crippen LogP) is 3.84. The van der Waals surface area contributed by atoms with Gasteiger partial charge in [-0.1, -0.05) is 42.2 Å². The van der Waals surface area contributed by atoms with Crippen molar-refractivity contribution in [1.29, 1.82) is 0 Å². The van der Waals surface area contributed by atoms with Crippen LogP contribution in [0.3, 0.4) is 0 Å². The minimum absolute atomic E-state index is 0.371.